The second-order valence-corrected chi connectivity index (χ2v) is 4.63. The molecule has 2 atom stereocenters. The monoisotopic (exact) mass is 224 g/mol. The van der Waals surface area contributed by atoms with E-state index in [1.807, 2.05) is 13.8 Å². The molecule has 0 saturated carbocycles. The number of benzene rings is 1. The normalized spacial score (nSPS) is 15.1. The molecule has 3 nitrogen and oxygen atoms in total. The second kappa shape index (κ2) is 5.87. The summed E-state index contributed by atoms with van der Waals surface area (Å²) in [6.45, 7) is 4.02. The molecule has 90 valence electrons. The summed E-state index contributed by atoms with van der Waals surface area (Å²) >= 11 is 0. The molecule has 0 radical (unpaired) electrons. The van der Waals surface area contributed by atoms with E-state index in [1.54, 1.807) is 24.3 Å². The van der Waals surface area contributed by atoms with Gasteiger partial charge in [-0.05, 0) is 30.0 Å². The Balaban J connectivity index is 2.50. The van der Waals surface area contributed by atoms with Crippen molar-refractivity contribution in [3.63, 3.8) is 0 Å². The fraction of sp³-hybridized carbons (Fsp3) is 0.538. The highest BCUT2D eigenvalue weighted by Gasteiger charge is 2.17. The van der Waals surface area contributed by atoms with Crippen LogP contribution in [-0.4, -0.2) is 27.5 Å². The van der Waals surface area contributed by atoms with Crippen LogP contribution in [0.2, 0.25) is 0 Å². The number of rotatable bonds is 5. The van der Waals surface area contributed by atoms with Gasteiger partial charge in [0, 0.05) is 6.42 Å². The topological polar surface area (TPSA) is 60.7 Å². The molecule has 0 fully saturated rings. The van der Waals surface area contributed by atoms with Crippen molar-refractivity contribution in [2.75, 3.05) is 0 Å². The van der Waals surface area contributed by atoms with Crippen molar-refractivity contribution in [3.8, 4) is 5.75 Å². The Morgan fingerprint density at radius 2 is 1.56 bits per heavy atom. The summed E-state index contributed by atoms with van der Waals surface area (Å²) < 4.78 is 0. The third-order valence-corrected chi connectivity index (χ3v) is 2.54. The number of phenolic OH excluding ortho intramolecular Hbond substituents is 1. The van der Waals surface area contributed by atoms with Gasteiger partial charge >= 0.3 is 0 Å². The van der Waals surface area contributed by atoms with Gasteiger partial charge in [0.05, 0.1) is 12.2 Å². The van der Waals surface area contributed by atoms with E-state index in [0.29, 0.717) is 18.8 Å². The third-order valence-electron chi connectivity index (χ3n) is 2.54. The van der Waals surface area contributed by atoms with Crippen LogP contribution in [0.25, 0.3) is 0 Å². The van der Waals surface area contributed by atoms with Gasteiger partial charge in [-0.2, -0.15) is 0 Å². The third kappa shape index (κ3) is 4.21. The van der Waals surface area contributed by atoms with E-state index >= 15 is 0 Å². The molecular formula is C13H20O3. The zero-order chi connectivity index (χ0) is 12.1. The molecule has 3 N–H and O–H groups in total. The highest BCUT2D eigenvalue weighted by atomic mass is 16.3. The summed E-state index contributed by atoms with van der Waals surface area (Å²) in [5.74, 6) is 0.574. The first-order valence-corrected chi connectivity index (χ1v) is 5.63. The van der Waals surface area contributed by atoms with Crippen molar-refractivity contribution < 1.29 is 15.3 Å². The lowest BCUT2D eigenvalue weighted by atomic mass is 9.97. The molecule has 0 heterocycles. The summed E-state index contributed by atoms with van der Waals surface area (Å²) in [6, 6.07) is 6.66. The summed E-state index contributed by atoms with van der Waals surface area (Å²) in [7, 11) is 0. The second-order valence-electron chi connectivity index (χ2n) is 4.63. The minimum Gasteiger partial charge on any atom is -0.508 e. The van der Waals surface area contributed by atoms with Gasteiger partial charge in [0.1, 0.15) is 5.75 Å². The van der Waals surface area contributed by atoms with Crippen LogP contribution in [0.3, 0.4) is 0 Å². The molecule has 0 saturated heterocycles. The zero-order valence-corrected chi connectivity index (χ0v) is 9.80. The van der Waals surface area contributed by atoms with Crippen LogP contribution in [0, 0.1) is 5.92 Å². The van der Waals surface area contributed by atoms with Crippen molar-refractivity contribution >= 4 is 0 Å². The summed E-state index contributed by atoms with van der Waals surface area (Å²) in [5.41, 5.74) is 0.910. The lowest BCUT2D eigenvalue weighted by Gasteiger charge is -2.19. The average molecular weight is 224 g/mol. The maximum atomic E-state index is 9.78. The predicted molar refractivity (Wildman–Crippen MR) is 63.3 cm³/mol. The molecule has 0 aliphatic carbocycles. The first kappa shape index (κ1) is 13.0. The number of hydrogen-bond donors (Lipinski definition) is 3. The van der Waals surface area contributed by atoms with Crippen LogP contribution in [0.15, 0.2) is 24.3 Å². The van der Waals surface area contributed by atoms with Gasteiger partial charge in [0.15, 0.2) is 0 Å². The number of phenols is 1. The van der Waals surface area contributed by atoms with Crippen molar-refractivity contribution in [1.29, 1.82) is 0 Å². The first-order valence-electron chi connectivity index (χ1n) is 5.63. The SMILES string of the molecule is CC(C)C[C@H](O)[C@H](O)Cc1ccc(O)cc1. The Bertz CT molecular complexity index is 305. The first-order chi connectivity index (χ1) is 7.49. The predicted octanol–water partition coefficient (Wildman–Crippen LogP) is 1.70. The number of aromatic hydroxyl groups is 1. The van der Waals surface area contributed by atoms with Crippen LogP contribution >= 0.6 is 0 Å². The standard InChI is InChI=1S/C13H20O3/c1-9(2)7-12(15)13(16)8-10-3-5-11(14)6-4-10/h3-6,9,12-16H,7-8H2,1-2H3/t12-,13+/m0/s1. The fourth-order valence-electron chi connectivity index (χ4n) is 1.65. The number of hydrogen-bond acceptors (Lipinski definition) is 3. The minimum absolute atomic E-state index is 0.209. The van der Waals surface area contributed by atoms with Gasteiger partial charge in [0.25, 0.3) is 0 Å². The summed E-state index contributed by atoms with van der Waals surface area (Å²) in [4.78, 5) is 0. The van der Waals surface area contributed by atoms with Crippen LogP contribution < -0.4 is 0 Å². The largest absolute Gasteiger partial charge is 0.508 e. The zero-order valence-electron chi connectivity index (χ0n) is 9.80. The minimum atomic E-state index is -0.744. The van der Waals surface area contributed by atoms with Gasteiger partial charge in [-0.25, -0.2) is 0 Å². The maximum absolute atomic E-state index is 9.78. The Morgan fingerprint density at radius 1 is 1.00 bits per heavy atom. The van der Waals surface area contributed by atoms with Crippen LogP contribution in [-0.2, 0) is 6.42 Å². The van der Waals surface area contributed by atoms with Crippen LogP contribution in [0.1, 0.15) is 25.8 Å². The Morgan fingerprint density at radius 3 is 2.06 bits per heavy atom. The fourth-order valence-corrected chi connectivity index (χ4v) is 1.65. The summed E-state index contributed by atoms with van der Waals surface area (Å²) in [5, 5.41) is 28.6. The Kier molecular flexibility index (Phi) is 4.77. The molecule has 0 unspecified atom stereocenters. The quantitative estimate of drug-likeness (QED) is 0.713. The summed E-state index contributed by atoms with van der Waals surface area (Å²) in [6.07, 6.45) is -0.423. The van der Waals surface area contributed by atoms with Crippen molar-refractivity contribution in [2.24, 2.45) is 5.92 Å². The van der Waals surface area contributed by atoms with Crippen LogP contribution in [0.5, 0.6) is 5.75 Å². The smallest absolute Gasteiger partial charge is 0.115 e. The van der Waals surface area contributed by atoms with Gasteiger partial charge in [0.2, 0.25) is 0 Å². The van der Waals surface area contributed by atoms with E-state index in [-0.39, 0.29) is 5.75 Å². The van der Waals surface area contributed by atoms with Gasteiger partial charge in [-0.1, -0.05) is 26.0 Å². The molecule has 0 amide bonds. The molecular weight excluding hydrogens is 204 g/mol. The lowest BCUT2D eigenvalue weighted by Crippen LogP contribution is -2.29. The number of aliphatic hydroxyl groups is 2. The van der Waals surface area contributed by atoms with Gasteiger partial charge < -0.3 is 15.3 Å². The van der Waals surface area contributed by atoms with E-state index in [4.69, 9.17) is 5.11 Å². The van der Waals surface area contributed by atoms with E-state index < -0.39 is 12.2 Å². The van der Waals surface area contributed by atoms with Crippen molar-refractivity contribution in [1.82, 2.24) is 0 Å². The molecule has 1 rings (SSSR count). The molecule has 16 heavy (non-hydrogen) atoms. The molecule has 0 bridgehead atoms. The average Bonchev–Trinajstić information content (AvgIpc) is 2.20. The molecule has 3 heteroatoms. The molecule has 0 aliphatic rings. The highest BCUT2D eigenvalue weighted by Crippen LogP contribution is 2.15. The lowest BCUT2D eigenvalue weighted by molar-refractivity contribution is 0.00815. The van der Waals surface area contributed by atoms with E-state index in [0.717, 1.165) is 5.56 Å². The molecule has 1 aromatic carbocycles. The maximum Gasteiger partial charge on any atom is 0.115 e. The van der Waals surface area contributed by atoms with Crippen molar-refractivity contribution in [2.45, 2.75) is 38.9 Å². The number of aliphatic hydroxyl groups excluding tert-OH is 2. The Hall–Kier alpha value is -1.06. The Labute approximate surface area is 96.4 Å². The molecule has 0 aliphatic heterocycles. The van der Waals surface area contributed by atoms with Gasteiger partial charge in [-0.3, -0.25) is 0 Å². The van der Waals surface area contributed by atoms with Crippen LogP contribution in [0.4, 0.5) is 0 Å². The highest BCUT2D eigenvalue weighted by molar-refractivity contribution is 5.26. The van der Waals surface area contributed by atoms with Crippen molar-refractivity contribution in [3.05, 3.63) is 29.8 Å². The molecule has 1 aromatic rings. The molecule has 0 aromatic heterocycles. The van der Waals surface area contributed by atoms with E-state index in [1.165, 1.54) is 0 Å². The van der Waals surface area contributed by atoms with E-state index in [9.17, 15) is 10.2 Å². The van der Waals surface area contributed by atoms with Gasteiger partial charge in [-0.15, -0.1) is 0 Å². The molecule has 0 spiro atoms. The van der Waals surface area contributed by atoms with E-state index in [2.05, 4.69) is 0 Å².